The van der Waals surface area contributed by atoms with Crippen LogP contribution in [0.3, 0.4) is 0 Å². The minimum Gasteiger partial charge on any atom is -0.340 e. The molecule has 4 rings (SSSR count). The Balaban J connectivity index is 1.62. The summed E-state index contributed by atoms with van der Waals surface area (Å²) in [6.07, 6.45) is 1.94. The fraction of sp³-hybridized carbons (Fsp3) is 0.421. The number of benzene rings is 1. The maximum absolute atomic E-state index is 13.2. The largest absolute Gasteiger partial charge is 0.340 e. The van der Waals surface area contributed by atoms with E-state index >= 15 is 0 Å². The number of hydrogen-bond donors (Lipinski definition) is 0. The molecule has 0 N–H and O–H groups in total. The zero-order chi connectivity index (χ0) is 17.4. The van der Waals surface area contributed by atoms with Crippen molar-refractivity contribution in [2.45, 2.75) is 39.2 Å². The molecule has 6 heteroatoms. The van der Waals surface area contributed by atoms with Crippen LogP contribution in [0.4, 0.5) is 0 Å². The lowest BCUT2D eigenvalue weighted by molar-refractivity contribution is 0.0693. The highest BCUT2D eigenvalue weighted by atomic mass is 16.5. The first kappa shape index (κ1) is 15.9. The van der Waals surface area contributed by atoms with Crippen molar-refractivity contribution in [3.05, 3.63) is 47.7 Å². The van der Waals surface area contributed by atoms with Gasteiger partial charge >= 0.3 is 0 Å². The number of aromatic nitrogens is 3. The van der Waals surface area contributed by atoms with Crippen LogP contribution < -0.4 is 0 Å². The lowest BCUT2D eigenvalue weighted by Gasteiger charge is -2.31. The van der Waals surface area contributed by atoms with Crippen molar-refractivity contribution in [2.24, 2.45) is 0 Å². The van der Waals surface area contributed by atoms with Crippen LogP contribution in [0.25, 0.3) is 10.9 Å². The summed E-state index contributed by atoms with van der Waals surface area (Å²) in [4.78, 5) is 19.5. The lowest BCUT2D eigenvalue weighted by atomic mass is 9.97. The molecule has 3 aromatic rings. The van der Waals surface area contributed by atoms with Gasteiger partial charge in [-0.3, -0.25) is 4.79 Å². The van der Waals surface area contributed by atoms with E-state index in [-0.39, 0.29) is 11.8 Å². The average Bonchev–Trinajstić information content (AvgIpc) is 3.24. The first-order valence-corrected chi connectivity index (χ1v) is 8.85. The normalized spacial score (nSPS) is 18.0. The van der Waals surface area contributed by atoms with Gasteiger partial charge in [-0.1, -0.05) is 23.4 Å². The summed E-state index contributed by atoms with van der Waals surface area (Å²) in [6, 6.07) is 10.1. The van der Waals surface area contributed by atoms with E-state index in [0.29, 0.717) is 18.3 Å². The summed E-state index contributed by atoms with van der Waals surface area (Å²) in [5.41, 5.74) is 1.87. The molecule has 0 bridgehead atoms. The third kappa shape index (κ3) is 2.81. The van der Waals surface area contributed by atoms with Gasteiger partial charge < -0.3 is 14.0 Å². The number of para-hydroxylation sites is 1. The Labute approximate surface area is 146 Å². The third-order valence-corrected chi connectivity index (χ3v) is 4.96. The summed E-state index contributed by atoms with van der Waals surface area (Å²) < 4.78 is 7.20. The first-order chi connectivity index (χ1) is 12.2. The predicted molar refractivity (Wildman–Crippen MR) is 94.5 cm³/mol. The molecule has 1 aliphatic heterocycles. The Bertz CT molecular complexity index is 911. The van der Waals surface area contributed by atoms with Crippen molar-refractivity contribution in [1.82, 2.24) is 19.6 Å². The number of nitrogens with zero attached hydrogens (tertiary/aromatic N) is 4. The topological polar surface area (TPSA) is 64.2 Å². The highest BCUT2D eigenvalue weighted by Gasteiger charge is 2.29. The molecule has 2 aromatic heterocycles. The Morgan fingerprint density at radius 3 is 2.96 bits per heavy atom. The third-order valence-electron chi connectivity index (χ3n) is 4.96. The molecule has 3 heterocycles. The van der Waals surface area contributed by atoms with E-state index in [9.17, 15) is 4.79 Å². The number of rotatable bonds is 3. The smallest absolute Gasteiger partial charge is 0.270 e. The molecule has 1 aliphatic rings. The fourth-order valence-corrected chi connectivity index (χ4v) is 3.74. The van der Waals surface area contributed by atoms with Crippen LogP contribution >= 0.6 is 0 Å². The van der Waals surface area contributed by atoms with Crippen molar-refractivity contribution >= 4 is 16.8 Å². The molecule has 0 aliphatic carbocycles. The van der Waals surface area contributed by atoms with E-state index < -0.39 is 0 Å². The van der Waals surface area contributed by atoms with E-state index in [2.05, 4.69) is 33.8 Å². The minimum absolute atomic E-state index is 0.0861. The second kappa shape index (κ2) is 6.35. The Hall–Kier alpha value is -2.63. The molecular formula is C19H22N4O2. The van der Waals surface area contributed by atoms with E-state index in [1.54, 1.807) is 6.92 Å². The number of aryl methyl sites for hydroxylation is 2. The Kier molecular flexibility index (Phi) is 4.03. The van der Waals surface area contributed by atoms with Crippen LogP contribution in [-0.4, -0.2) is 38.6 Å². The number of likely N-dealkylation sites (tertiary alicyclic amines) is 1. The predicted octanol–water partition coefficient (Wildman–Crippen LogP) is 3.37. The van der Waals surface area contributed by atoms with E-state index in [1.165, 1.54) is 0 Å². The summed E-state index contributed by atoms with van der Waals surface area (Å²) in [5.74, 6) is 1.52. The van der Waals surface area contributed by atoms with Crippen LogP contribution in [-0.2, 0) is 6.54 Å². The second-order valence-electron chi connectivity index (χ2n) is 6.59. The van der Waals surface area contributed by atoms with Crippen LogP contribution in [0.5, 0.6) is 0 Å². The van der Waals surface area contributed by atoms with Crippen molar-refractivity contribution in [3.63, 3.8) is 0 Å². The SMILES string of the molecule is CCn1c(C(=O)N2CCCC(c3noc(C)n3)C2)cc2ccccc21. The molecule has 25 heavy (non-hydrogen) atoms. The highest BCUT2D eigenvalue weighted by molar-refractivity contribution is 5.98. The quantitative estimate of drug-likeness (QED) is 0.734. The van der Waals surface area contributed by atoms with Gasteiger partial charge in [-0.05, 0) is 31.9 Å². The molecule has 1 saturated heterocycles. The molecule has 1 amide bonds. The van der Waals surface area contributed by atoms with Gasteiger partial charge in [0.2, 0.25) is 5.89 Å². The standard InChI is InChI=1S/C19H22N4O2/c1-3-23-16-9-5-4-7-14(16)11-17(23)19(24)22-10-6-8-15(12-22)18-20-13(2)25-21-18/h4-5,7,9,11,15H,3,6,8,10,12H2,1-2H3. The number of piperidine rings is 1. The molecular weight excluding hydrogens is 316 g/mol. The fourth-order valence-electron chi connectivity index (χ4n) is 3.74. The minimum atomic E-state index is 0.0861. The highest BCUT2D eigenvalue weighted by Crippen LogP contribution is 2.27. The zero-order valence-corrected chi connectivity index (χ0v) is 14.6. The van der Waals surface area contributed by atoms with Gasteiger partial charge in [0, 0.05) is 43.4 Å². The van der Waals surface area contributed by atoms with Gasteiger partial charge in [0.05, 0.1) is 0 Å². The Morgan fingerprint density at radius 2 is 2.20 bits per heavy atom. The van der Waals surface area contributed by atoms with E-state index in [4.69, 9.17) is 4.52 Å². The van der Waals surface area contributed by atoms with Crippen molar-refractivity contribution in [1.29, 1.82) is 0 Å². The molecule has 0 spiro atoms. The van der Waals surface area contributed by atoms with Crippen LogP contribution in [0.15, 0.2) is 34.9 Å². The van der Waals surface area contributed by atoms with Crippen LogP contribution in [0, 0.1) is 6.92 Å². The monoisotopic (exact) mass is 338 g/mol. The first-order valence-electron chi connectivity index (χ1n) is 8.85. The molecule has 130 valence electrons. The summed E-state index contributed by atoms with van der Waals surface area (Å²) in [6.45, 7) is 6.06. The molecule has 1 aromatic carbocycles. The molecule has 6 nitrogen and oxygen atoms in total. The molecule has 1 fully saturated rings. The van der Waals surface area contributed by atoms with Crippen molar-refractivity contribution < 1.29 is 9.32 Å². The lowest BCUT2D eigenvalue weighted by Crippen LogP contribution is -2.40. The molecule has 1 unspecified atom stereocenters. The van der Waals surface area contributed by atoms with Gasteiger partial charge in [0.15, 0.2) is 5.82 Å². The van der Waals surface area contributed by atoms with Gasteiger partial charge in [0.1, 0.15) is 5.69 Å². The maximum atomic E-state index is 13.2. The summed E-state index contributed by atoms with van der Waals surface area (Å²) in [5, 5.41) is 5.15. The maximum Gasteiger partial charge on any atom is 0.270 e. The molecule has 0 radical (unpaired) electrons. The van der Waals surface area contributed by atoms with Gasteiger partial charge in [-0.25, -0.2) is 0 Å². The number of carbonyl (C=O) groups excluding carboxylic acids is 1. The molecule has 1 atom stereocenters. The zero-order valence-electron chi connectivity index (χ0n) is 14.6. The average molecular weight is 338 g/mol. The van der Waals surface area contributed by atoms with Gasteiger partial charge in [-0.15, -0.1) is 0 Å². The van der Waals surface area contributed by atoms with Crippen LogP contribution in [0.2, 0.25) is 0 Å². The Morgan fingerprint density at radius 1 is 1.36 bits per heavy atom. The second-order valence-corrected chi connectivity index (χ2v) is 6.59. The number of hydrogen-bond acceptors (Lipinski definition) is 4. The summed E-state index contributed by atoms with van der Waals surface area (Å²) in [7, 11) is 0. The van der Waals surface area contributed by atoms with Crippen molar-refractivity contribution in [2.75, 3.05) is 13.1 Å². The van der Waals surface area contributed by atoms with Gasteiger partial charge in [-0.2, -0.15) is 4.98 Å². The number of amides is 1. The molecule has 0 saturated carbocycles. The summed E-state index contributed by atoms with van der Waals surface area (Å²) >= 11 is 0. The van der Waals surface area contributed by atoms with E-state index in [1.807, 2.05) is 23.1 Å². The van der Waals surface area contributed by atoms with E-state index in [0.717, 1.165) is 42.5 Å². The van der Waals surface area contributed by atoms with Gasteiger partial charge in [0.25, 0.3) is 5.91 Å². The number of carbonyl (C=O) groups is 1. The van der Waals surface area contributed by atoms with Crippen LogP contribution in [0.1, 0.15) is 47.9 Å². The van der Waals surface area contributed by atoms with Crippen molar-refractivity contribution in [3.8, 4) is 0 Å². The number of fused-ring (bicyclic) bond motifs is 1.